The van der Waals surface area contributed by atoms with Gasteiger partial charge in [0.1, 0.15) is 29.1 Å². The maximum Gasteiger partial charge on any atom is 0.295 e. The molecule has 1 unspecified atom stereocenters. The maximum absolute atomic E-state index is 13.1. The lowest BCUT2D eigenvalue weighted by molar-refractivity contribution is -0.140. The number of rotatable bonds is 7. The molecule has 2 aromatic rings. The second-order valence-electron chi connectivity index (χ2n) is 9.19. The van der Waals surface area contributed by atoms with E-state index in [9.17, 15) is 14.7 Å². The molecule has 1 fully saturated rings. The molecule has 3 rings (SSSR count). The molecule has 1 aromatic carbocycles. The van der Waals surface area contributed by atoms with Crippen LogP contribution in [0.15, 0.2) is 40.3 Å². The van der Waals surface area contributed by atoms with Gasteiger partial charge in [0.25, 0.3) is 11.7 Å². The number of carbonyl (C=O) groups excluding carboxylic acids is 2. The van der Waals surface area contributed by atoms with Crippen molar-refractivity contribution in [2.45, 2.75) is 65.8 Å². The molecule has 1 aliphatic heterocycles. The highest BCUT2D eigenvalue weighted by molar-refractivity contribution is 6.46. The summed E-state index contributed by atoms with van der Waals surface area (Å²) in [6, 6.07) is 8.17. The number of aliphatic hydroxyl groups excluding tert-OH is 1. The average Bonchev–Trinajstić information content (AvgIpc) is 3.27. The summed E-state index contributed by atoms with van der Waals surface area (Å²) in [5.41, 5.74) is 1.20. The molecule has 0 aliphatic carbocycles. The van der Waals surface area contributed by atoms with E-state index in [1.807, 2.05) is 26.8 Å². The van der Waals surface area contributed by atoms with Crippen LogP contribution >= 0.6 is 0 Å². The molecule has 0 bridgehead atoms. The molecule has 6 heteroatoms. The summed E-state index contributed by atoms with van der Waals surface area (Å²) in [6.45, 7) is 12.9. The van der Waals surface area contributed by atoms with Gasteiger partial charge in [-0.1, -0.05) is 34.1 Å². The number of carbonyl (C=O) groups is 2. The fourth-order valence-electron chi connectivity index (χ4n) is 4.04. The second kappa shape index (κ2) is 9.23. The SMILES string of the molecule is CCCCN1C(=O)C(=O)/C(=C(\O)c2ccc(OCC)c(C(C)(C)C)c2)C1c1ccc(C)o1. The van der Waals surface area contributed by atoms with E-state index in [2.05, 4.69) is 20.8 Å². The number of nitrogens with zero attached hydrogens (tertiary/aromatic N) is 1. The van der Waals surface area contributed by atoms with Crippen molar-refractivity contribution in [2.75, 3.05) is 13.2 Å². The topological polar surface area (TPSA) is 80.0 Å². The van der Waals surface area contributed by atoms with Gasteiger partial charge in [-0.05, 0) is 56.0 Å². The van der Waals surface area contributed by atoms with Gasteiger partial charge in [0.2, 0.25) is 0 Å². The van der Waals surface area contributed by atoms with E-state index < -0.39 is 17.7 Å². The Kier molecular flexibility index (Phi) is 6.82. The van der Waals surface area contributed by atoms with Crippen LogP contribution in [0.2, 0.25) is 0 Å². The normalized spacial score (nSPS) is 18.4. The van der Waals surface area contributed by atoms with Crippen LogP contribution < -0.4 is 4.74 Å². The first-order valence-corrected chi connectivity index (χ1v) is 11.2. The van der Waals surface area contributed by atoms with Gasteiger partial charge in [0, 0.05) is 17.7 Å². The van der Waals surface area contributed by atoms with Gasteiger partial charge in [-0.2, -0.15) is 0 Å². The molecule has 1 aliphatic rings. The number of aryl methyl sites for hydroxylation is 1. The zero-order valence-electron chi connectivity index (χ0n) is 19.8. The monoisotopic (exact) mass is 439 g/mol. The van der Waals surface area contributed by atoms with Crippen molar-refractivity contribution in [3.63, 3.8) is 0 Å². The van der Waals surface area contributed by atoms with E-state index in [1.54, 1.807) is 24.3 Å². The largest absolute Gasteiger partial charge is 0.507 e. The molecule has 1 N–H and O–H groups in total. The average molecular weight is 440 g/mol. The maximum atomic E-state index is 13.1. The van der Waals surface area contributed by atoms with Crippen LogP contribution in [0.25, 0.3) is 5.76 Å². The van der Waals surface area contributed by atoms with Crippen LogP contribution in [0, 0.1) is 6.92 Å². The van der Waals surface area contributed by atoms with Gasteiger partial charge in [0.05, 0.1) is 12.2 Å². The molecule has 1 amide bonds. The number of hydrogen-bond acceptors (Lipinski definition) is 5. The first-order valence-electron chi connectivity index (χ1n) is 11.2. The molecule has 32 heavy (non-hydrogen) atoms. The summed E-state index contributed by atoms with van der Waals surface area (Å²) in [5, 5.41) is 11.3. The lowest BCUT2D eigenvalue weighted by Gasteiger charge is -2.24. The van der Waals surface area contributed by atoms with Gasteiger partial charge >= 0.3 is 0 Å². The molecule has 6 nitrogen and oxygen atoms in total. The van der Waals surface area contributed by atoms with Crippen LogP contribution in [-0.2, 0) is 15.0 Å². The lowest BCUT2D eigenvalue weighted by Crippen LogP contribution is -2.30. The minimum absolute atomic E-state index is 0.0597. The quantitative estimate of drug-likeness (QED) is 0.350. The summed E-state index contributed by atoms with van der Waals surface area (Å²) in [7, 11) is 0. The number of likely N-dealkylation sites (tertiary alicyclic amines) is 1. The minimum atomic E-state index is -0.750. The number of ether oxygens (including phenoxy) is 1. The van der Waals surface area contributed by atoms with Gasteiger partial charge < -0.3 is 19.2 Å². The summed E-state index contributed by atoms with van der Waals surface area (Å²) >= 11 is 0. The van der Waals surface area contributed by atoms with E-state index in [0.29, 0.717) is 30.2 Å². The molecule has 0 radical (unpaired) electrons. The zero-order valence-corrected chi connectivity index (χ0v) is 19.8. The van der Waals surface area contributed by atoms with Crippen molar-refractivity contribution in [1.29, 1.82) is 0 Å². The summed E-state index contributed by atoms with van der Waals surface area (Å²) in [6.07, 6.45) is 1.63. The van der Waals surface area contributed by atoms with Crippen LogP contribution in [0.5, 0.6) is 5.75 Å². The van der Waals surface area contributed by atoms with Gasteiger partial charge in [-0.15, -0.1) is 0 Å². The molecule has 1 saturated heterocycles. The van der Waals surface area contributed by atoms with Crippen molar-refractivity contribution < 1.29 is 23.8 Å². The molecule has 0 spiro atoms. The van der Waals surface area contributed by atoms with E-state index in [1.165, 1.54) is 4.90 Å². The van der Waals surface area contributed by atoms with Crippen molar-refractivity contribution in [3.8, 4) is 5.75 Å². The number of unbranched alkanes of at least 4 members (excludes halogenated alkanes) is 1. The third kappa shape index (κ3) is 4.45. The third-order valence-electron chi connectivity index (χ3n) is 5.68. The Balaban J connectivity index is 2.18. The number of aliphatic hydroxyl groups is 1. The number of benzene rings is 1. The van der Waals surface area contributed by atoms with E-state index in [0.717, 1.165) is 24.2 Å². The van der Waals surface area contributed by atoms with Crippen LogP contribution in [0.1, 0.15) is 76.1 Å². The molecule has 1 aromatic heterocycles. The third-order valence-corrected chi connectivity index (χ3v) is 5.68. The fourth-order valence-corrected chi connectivity index (χ4v) is 4.04. The Morgan fingerprint density at radius 3 is 2.44 bits per heavy atom. The molecule has 0 saturated carbocycles. The minimum Gasteiger partial charge on any atom is -0.507 e. The predicted molar refractivity (Wildman–Crippen MR) is 124 cm³/mol. The highest BCUT2D eigenvalue weighted by Crippen LogP contribution is 2.41. The molecular formula is C26H33NO5. The van der Waals surface area contributed by atoms with Crippen molar-refractivity contribution >= 4 is 17.4 Å². The molecule has 2 heterocycles. The van der Waals surface area contributed by atoms with Crippen molar-refractivity contribution in [3.05, 3.63) is 58.6 Å². The number of ketones is 1. The van der Waals surface area contributed by atoms with Gasteiger partial charge in [-0.25, -0.2) is 0 Å². The highest BCUT2D eigenvalue weighted by Gasteiger charge is 2.47. The standard InChI is InChI=1S/C26H33NO5/c1-7-9-14-27-22(20-12-10-16(3)32-20)21(24(29)25(27)30)23(28)17-11-13-19(31-8-2)18(15-17)26(4,5)6/h10-13,15,22,28H,7-9,14H2,1-6H3/b23-21-. The van der Waals surface area contributed by atoms with Crippen LogP contribution in [0.3, 0.4) is 0 Å². The van der Waals surface area contributed by atoms with E-state index in [-0.39, 0.29) is 16.7 Å². The number of Topliss-reactive ketones (excluding diaryl/α,β-unsaturated/α-hetero) is 1. The lowest BCUT2D eigenvalue weighted by atomic mass is 9.84. The Bertz CT molecular complexity index is 1040. The summed E-state index contributed by atoms with van der Waals surface area (Å²) < 4.78 is 11.6. The Hall–Kier alpha value is -3.02. The van der Waals surface area contributed by atoms with Crippen LogP contribution in [-0.4, -0.2) is 34.8 Å². The number of furan rings is 1. The molecule has 1 atom stereocenters. The summed E-state index contributed by atoms with van der Waals surface area (Å²) in [5.74, 6) is 0.386. The van der Waals surface area contributed by atoms with Crippen LogP contribution in [0.4, 0.5) is 0 Å². The first kappa shape index (κ1) is 23.6. The van der Waals surface area contributed by atoms with Crippen molar-refractivity contribution in [1.82, 2.24) is 4.90 Å². The highest BCUT2D eigenvalue weighted by atomic mass is 16.5. The fraction of sp³-hybridized carbons (Fsp3) is 0.462. The Labute approximate surface area is 189 Å². The van der Waals surface area contributed by atoms with Gasteiger partial charge in [0.15, 0.2) is 0 Å². The summed E-state index contributed by atoms with van der Waals surface area (Å²) in [4.78, 5) is 27.5. The molecule has 172 valence electrons. The second-order valence-corrected chi connectivity index (χ2v) is 9.19. The first-order chi connectivity index (χ1) is 15.1. The Morgan fingerprint density at radius 2 is 1.88 bits per heavy atom. The number of amides is 1. The smallest absolute Gasteiger partial charge is 0.295 e. The van der Waals surface area contributed by atoms with E-state index >= 15 is 0 Å². The number of hydrogen-bond donors (Lipinski definition) is 1. The molecular weight excluding hydrogens is 406 g/mol. The van der Waals surface area contributed by atoms with E-state index in [4.69, 9.17) is 9.15 Å². The zero-order chi connectivity index (χ0) is 23.6. The Morgan fingerprint density at radius 1 is 1.16 bits per heavy atom. The van der Waals surface area contributed by atoms with Crippen molar-refractivity contribution in [2.24, 2.45) is 0 Å². The predicted octanol–water partition coefficient (Wildman–Crippen LogP) is 5.51. The van der Waals surface area contributed by atoms with Gasteiger partial charge in [-0.3, -0.25) is 9.59 Å².